The lowest BCUT2D eigenvalue weighted by Gasteiger charge is -2.21. The van der Waals surface area contributed by atoms with Crippen LogP contribution >= 0.6 is 23.3 Å². The summed E-state index contributed by atoms with van der Waals surface area (Å²) in [5, 5.41) is 5.51. The van der Waals surface area contributed by atoms with E-state index in [0.29, 0.717) is 0 Å². The fourth-order valence-electron chi connectivity index (χ4n) is 1.48. The van der Waals surface area contributed by atoms with Crippen LogP contribution in [0.5, 0.6) is 0 Å². The third-order valence-electron chi connectivity index (χ3n) is 2.17. The molecule has 2 heterocycles. The van der Waals surface area contributed by atoms with Crippen LogP contribution in [-0.2, 0) is 13.0 Å². The van der Waals surface area contributed by atoms with Crippen molar-refractivity contribution in [2.24, 2.45) is 5.14 Å². The van der Waals surface area contributed by atoms with Gasteiger partial charge in [-0.2, -0.15) is 0 Å². The molecule has 0 aromatic carbocycles. The molecule has 1 aromatic rings. The maximum Gasteiger partial charge on any atom is 0.0755 e. The monoisotopic (exact) mass is 200 g/mol. The number of thiophene rings is 1. The third-order valence-corrected chi connectivity index (χ3v) is 4.01. The third kappa shape index (κ3) is 1.52. The molecule has 66 valence electrons. The molecule has 1 aliphatic heterocycles. The van der Waals surface area contributed by atoms with Crippen molar-refractivity contribution in [3.63, 3.8) is 0 Å². The van der Waals surface area contributed by atoms with Gasteiger partial charge >= 0.3 is 0 Å². The van der Waals surface area contributed by atoms with Crippen LogP contribution < -0.4 is 5.14 Å². The van der Waals surface area contributed by atoms with Gasteiger partial charge in [0.1, 0.15) is 0 Å². The SMILES string of the molecule is CN1CCc2cc(SN)sc2C1. The molecule has 0 spiro atoms. The van der Waals surface area contributed by atoms with Gasteiger partial charge in [-0.15, -0.1) is 11.3 Å². The summed E-state index contributed by atoms with van der Waals surface area (Å²) in [6.45, 7) is 2.28. The van der Waals surface area contributed by atoms with Crippen LogP contribution in [0.15, 0.2) is 10.3 Å². The van der Waals surface area contributed by atoms with Crippen LogP contribution in [0.25, 0.3) is 0 Å². The molecule has 12 heavy (non-hydrogen) atoms. The van der Waals surface area contributed by atoms with Gasteiger partial charge in [-0.05, 0) is 37.0 Å². The molecule has 2 nitrogen and oxygen atoms in total. The van der Waals surface area contributed by atoms with Crippen molar-refractivity contribution < 1.29 is 0 Å². The fraction of sp³-hybridized carbons (Fsp3) is 0.500. The number of rotatable bonds is 1. The lowest BCUT2D eigenvalue weighted by molar-refractivity contribution is 0.317. The number of nitrogens with zero attached hydrogens (tertiary/aromatic N) is 1. The molecule has 2 N–H and O–H groups in total. The van der Waals surface area contributed by atoms with Gasteiger partial charge in [-0.25, -0.2) is 0 Å². The smallest absolute Gasteiger partial charge is 0.0755 e. The molecule has 0 bridgehead atoms. The second-order valence-electron chi connectivity index (χ2n) is 3.12. The number of hydrogen-bond acceptors (Lipinski definition) is 4. The highest BCUT2D eigenvalue weighted by molar-refractivity contribution is 7.99. The molecule has 0 unspecified atom stereocenters. The zero-order chi connectivity index (χ0) is 8.55. The van der Waals surface area contributed by atoms with Gasteiger partial charge in [0, 0.05) is 18.0 Å². The fourth-order valence-corrected chi connectivity index (χ4v) is 3.20. The van der Waals surface area contributed by atoms with Crippen molar-refractivity contribution in [3.8, 4) is 0 Å². The highest BCUT2D eigenvalue weighted by Crippen LogP contribution is 2.31. The Kier molecular flexibility index (Phi) is 2.41. The van der Waals surface area contributed by atoms with Crippen molar-refractivity contribution in [1.29, 1.82) is 0 Å². The normalized spacial score (nSPS) is 17.8. The summed E-state index contributed by atoms with van der Waals surface area (Å²) in [6.07, 6.45) is 1.18. The zero-order valence-corrected chi connectivity index (χ0v) is 8.67. The summed E-state index contributed by atoms with van der Waals surface area (Å²) in [4.78, 5) is 3.85. The van der Waals surface area contributed by atoms with Crippen LogP contribution in [0, 0.1) is 0 Å². The molecule has 2 rings (SSSR count). The Labute approximate surface area is 80.9 Å². The molecule has 0 amide bonds. The summed E-state index contributed by atoms with van der Waals surface area (Å²) in [6, 6.07) is 2.23. The molecular formula is C8H12N2S2. The molecule has 0 radical (unpaired) electrons. The van der Waals surface area contributed by atoms with Crippen molar-refractivity contribution in [1.82, 2.24) is 4.90 Å². The number of fused-ring (bicyclic) bond motifs is 1. The van der Waals surface area contributed by atoms with Crippen molar-refractivity contribution in [2.45, 2.75) is 17.2 Å². The average Bonchev–Trinajstić information content (AvgIpc) is 2.46. The van der Waals surface area contributed by atoms with Gasteiger partial charge in [0.2, 0.25) is 0 Å². The van der Waals surface area contributed by atoms with Gasteiger partial charge in [-0.3, -0.25) is 5.14 Å². The van der Waals surface area contributed by atoms with Gasteiger partial charge in [0.25, 0.3) is 0 Å². The summed E-state index contributed by atoms with van der Waals surface area (Å²) >= 11 is 3.20. The Morgan fingerprint density at radius 1 is 1.67 bits per heavy atom. The Morgan fingerprint density at radius 2 is 2.50 bits per heavy atom. The molecule has 4 heteroatoms. The van der Waals surface area contributed by atoms with E-state index in [1.807, 2.05) is 11.3 Å². The van der Waals surface area contributed by atoms with Gasteiger partial charge in [0.15, 0.2) is 0 Å². The maximum absolute atomic E-state index is 5.51. The average molecular weight is 200 g/mol. The first-order valence-electron chi connectivity index (χ1n) is 3.96. The van der Waals surface area contributed by atoms with E-state index in [9.17, 15) is 0 Å². The van der Waals surface area contributed by atoms with Crippen LogP contribution in [-0.4, -0.2) is 18.5 Å². The highest BCUT2D eigenvalue weighted by Gasteiger charge is 2.15. The predicted octanol–water partition coefficient (Wildman–Crippen LogP) is 1.70. The van der Waals surface area contributed by atoms with E-state index in [0.717, 1.165) is 6.54 Å². The molecule has 0 aliphatic carbocycles. The van der Waals surface area contributed by atoms with Gasteiger partial charge in [-0.1, -0.05) is 0 Å². The Hall–Kier alpha value is -0.0300. The maximum atomic E-state index is 5.51. The number of likely N-dealkylation sites (N-methyl/N-ethyl adjacent to an activating group) is 1. The predicted molar refractivity (Wildman–Crippen MR) is 54.4 cm³/mol. The van der Waals surface area contributed by atoms with Crippen molar-refractivity contribution in [2.75, 3.05) is 13.6 Å². The molecule has 0 fully saturated rings. The molecule has 0 atom stereocenters. The summed E-state index contributed by atoms with van der Waals surface area (Å²) in [5.74, 6) is 0. The van der Waals surface area contributed by atoms with Gasteiger partial charge in [0.05, 0.1) is 4.21 Å². The molecule has 1 aromatic heterocycles. The summed E-state index contributed by atoms with van der Waals surface area (Å²) in [5.41, 5.74) is 1.51. The quantitative estimate of drug-likeness (QED) is 0.700. The van der Waals surface area contributed by atoms with Crippen LogP contribution in [0.3, 0.4) is 0 Å². The minimum absolute atomic E-state index is 1.10. The van der Waals surface area contributed by atoms with E-state index in [4.69, 9.17) is 5.14 Å². The minimum Gasteiger partial charge on any atom is -0.301 e. The van der Waals surface area contributed by atoms with E-state index in [-0.39, 0.29) is 0 Å². The van der Waals surface area contributed by atoms with E-state index >= 15 is 0 Å². The molecule has 0 saturated carbocycles. The second kappa shape index (κ2) is 3.38. The second-order valence-corrected chi connectivity index (χ2v) is 5.19. The Morgan fingerprint density at radius 3 is 3.25 bits per heavy atom. The Balaban J connectivity index is 2.28. The first-order chi connectivity index (χ1) is 5.79. The van der Waals surface area contributed by atoms with E-state index in [1.165, 1.54) is 39.6 Å². The van der Waals surface area contributed by atoms with Crippen LogP contribution in [0.1, 0.15) is 10.4 Å². The summed E-state index contributed by atoms with van der Waals surface area (Å²) < 4.78 is 1.25. The van der Waals surface area contributed by atoms with E-state index < -0.39 is 0 Å². The van der Waals surface area contributed by atoms with Gasteiger partial charge < -0.3 is 4.90 Å². The lowest BCUT2D eigenvalue weighted by atomic mass is 10.1. The lowest BCUT2D eigenvalue weighted by Crippen LogP contribution is -2.24. The molecule has 0 saturated heterocycles. The molecule has 1 aliphatic rings. The number of hydrogen-bond donors (Lipinski definition) is 1. The standard InChI is InChI=1S/C8H12N2S2/c1-10-3-2-6-4-8(12-9)11-7(6)5-10/h4H,2-3,5,9H2,1H3. The zero-order valence-electron chi connectivity index (χ0n) is 7.04. The first-order valence-corrected chi connectivity index (χ1v) is 5.66. The Bertz CT molecular complexity index is 283. The largest absolute Gasteiger partial charge is 0.301 e. The van der Waals surface area contributed by atoms with Crippen molar-refractivity contribution in [3.05, 3.63) is 16.5 Å². The van der Waals surface area contributed by atoms with Crippen LogP contribution in [0.4, 0.5) is 0 Å². The highest BCUT2D eigenvalue weighted by atomic mass is 32.2. The van der Waals surface area contributed by atoms with E-state index in [1.54, 1.807) is 0 Å². The topological polar surface area (TPSA) is 29.3 Å². The molecular weight excluding hydrogens is 188 g/mol. The first kappa shape index (κ1) is 8.56. The van der Waals surface area contributed by atoms with E-state index in [2.05, 4.69) is 18.0 Å². The minimum atomic E-state index is 1.10. The van der Waals surface area contributed by atoms with Crippen LogP contribution in [0.2, 0.25) is 0 Å². The number of nitrogens with two attached hydrogens (primary N) is 1. The van der Waals surface area contributed by atoms with Crippen molar-refractivity contribution >= 4 is 23.3 Å². The summed E-state index contributed by atoms with van der Waals surface area (Å²) in [7, 11) is 2.16.